The first-order valence-corrected chi connectivity index (χ1v) is 5.57. The molecule has 0 fully saturated rings. The van der Waals surface area contributed by atoms with Crippen molar-refractivity contribution in [2.24, 2.45) is 11.1 Å². The van der Waals surface area contributed by atoms with Gasteiger partial charge in [0.2, 0.25) is 0 Å². The normalized spacial score (nSPS) is 14.7. The molecule has 1 nitrogen and oxygen atoms in total. The van der Waals surface area contributed by atoms with Gasteiger partial charge in [-0.05, 0) is 24.1 Å². The van der Waals surface area contributed by atoms with Gasteiger partial charge >= 0.3 is 0 Å². The number of hydrogen-bond acceptors (Lipinski definition) is 1. The highest BCUT2D eigenvalue weighted by molar-refractivity contribution is 9.10. The third kappa shape index (κ3) is 3.14. The molecule has 0 aliphatic rings. The van der Waals surface area contributed by atoms with Gasteiger partial charge in [0, 0.05) is 16.4 Å². The van der Waals surface area contributed by atoms with Crippen LogP contribution in [0.25, 0.3) is 0 Å². The van der Waals surface area contributed by atoms with Gasteiger partial charge < -0.3 is 5.73 Å². The molecule has 0 aliphatic heterocycles. The minimum Gasteiger partial charge on any atom is -0.330 e. The van der Waals surface area contributed by atoms with Gasteiger partial charge in [0.1, 0.15) is 5.82 Å². The monoisotopic (exact) mass is 271 g/mol. The van der Waals surface area contributed by atoms with Gasteiger partial charge in [-0.1, -0.05) is 35.0 Å². The van der Waals surface area contributed by atoms with Crippen LogP contribution in [0.3, 0.4) is 0 Å². The van der Waals surface area contributed by atoms with Crippen molar-refractivity contribution in [1.82, 2.24) is 0 Å². The fourth-order valence-electron chi connectivity index (χ4n) is 1.33. The SMILES string of the molecule is C=CC(C)(CN)Cc1ccc(F)cc1Br. The standard InChI is InChI=1S/C12H15BrFN/c1-3-12(2,8-15)7-9-4-5-10(14)6-11(9)13/h3-6H,1,7-8,15H2,2H3. The van der Waals surface area contributed by atoms with Gasteiger partial charge in [-0.2, -0.15) is 0 Å². The van der Waals surface area contributed by atoms with Crippen molar-refractivity contribution < 1.29 is 4.39 Å². The highest BCUT2D eigenvalue weighted by Gasteiger charge is 2.19. The lowest BCUT2D eigenvalue weighted by Gasteiger charge is -2.24. The van der Waals surface area contributed by atoms with Crippen molar-refractivity contribution in [3.63, 3.8) is 0 Å². The summed E-state index contributed by atoms with van der Waals surface area (Å²) in [7, 11) is 0. The van der Waals surface area contributed by atoms with Gasteiger partial charge in [0.25, 0.3) is 0 Å². The van der Waals surface area contributed by atoms with E-state index in [0.717, 1.165) is 16.5 Å². The zero-order valence-electron chi connectivity index (χ0n) is 8.76. The zero-order chi connectivity index (χ0) is 11.5. The van der Waals surface area contributed by atoms with Crippen molar-refractivity contribution in [2.75, 3.05) is 6.54 Å². The van der Waals surface area contributed by atoms with Crippen LogP contribution in [0.2, 0.25) is 0 Å². The Bertz CT molecular complexity index is 365. The summed E-state index contributed by atoms with van der Waals surface area (Å²) >= 11 is 3.34. The predicted molar refractivity (Wildman–Crippen MR) is 65.2 cm³/mol. The van der Waals surface area contributed by atoms with Gasteiger partial charge in [-0.25, -0.2) is 4.39 Å². The van der Waals surface area contributed by atoms with Crippen LogP contribution >= 0.6 is 15.9 Å². The molecular formula is C12H15BrFN. The molecular weight excluding hydrogens is 257 g/mol. The van der Waals surface area contributed by atoms with E-state index < -0.39 is 0 Å². The van der Waals surface area contributed by atoms with Crippen LogP contribution in [0.5, 0.6) is 0 Å². The minimum atomic E-state index is -0.237. The molecule has 15 heavy (non-hydrogen) atoms. The van der Waals surface area contributed by atoms with E-state index in [-0.39, 0.29) is 11.2 Å². The van der Waals surface area contributed by atoms with Crippen LogP contribution < -0.4 is 5.73 Å². The number of benzene rings is 1. The maximum absolute atomic E-state index is 12.9. The molecule has 2 N–H and O–H groups in total. The summed E-state index contributed by atoms with van der Waals surface area (Å²) in [6.45, 7) is 6.34. The number of hydrogen-bond donors (Lipinski definition) is 1. The Balaban J connectivity index is 2.94. The Morgan fingerprint density at radius 3 is 2.73 bits per heavy atom. The number of rotatable bonds is 4. The Morgan fingerprint density at radius 2 is 2.27 bits per heavy atom. The van der Waals surface area contributed by atoms with E-state index in [2.05, 4.69) is 22.5 Å². The Hall–Kier alpha value is -0.670. The summed E-state index contributed by atoms with van der Waals surface area (Å²) in [6, 6.07) is 4.70. The molecule has 0 amide bonds. The van der Waals surface area contributed by atoms with Crippen LogP contribution in [0, 0.1) is 11.2 Å². The summed E-state index contributed by atoms with van der Waals surface area (Å²) in [5.41, 5.74) is 6.59. The molecule has 0 saturated heterocycles. The molecule has 0 bridgehead atoms. The topological polar surface area (TPSA) is 26.0 Å². The van der Waals surface area contributed by atoms with Crippen molar-refractivity contribution in [3.05, 3.63) is 46.7 Å². The summed E-state index contributed by atoms with van der Waals surface area (Å²) in [5, 5.41) is 0. The molecule has 1 aromatic carbocycles. The zero-order valence-corrected chi connectivity index (χ0v) is 10.3. The summed E-state index contributed by atoms with van der Waals surface area (Å²) in [6.07, 6.45) is 2.61. The molecule has 1 atom stereocenters. The van der Waals surface area contributed by atoms with Gasteiger partial charge in [-0.3, -0.25) is 0 Å². The second-order valence-electron chi connectivity index (χ2n) is 3.97. The maximum atomic E-state index is 12.9. The quantitative estimate of drug-likeness (QED) is 0.836. The van der Waals surface area contributed by atoms with Crippen molar-refractivity contribution in [2.45, 2.75) is 13.3 Å². The Kier molecular flexibility index (Phi) is 4.05. The van der Waals surface area contributed by atoms with E-state index in [0.29, 0.717) is 6.54 Å². The third-order valence-corrected chi connectivity index (χ3v) is 3.31. The summed E-state index contributed by atoms with van der Waals surface area (Å²) < 4.78 is 13.7. The molecule has 0 heterocycles. The third-order valence-electron chi connectivity index (χ3n) is 2.57. The van der Waals surface area contributed by atoms with E-state index in [1.165, 1.54) is 12.1 Å². The van der Waals surface area contributed by atoms with Crippen LogP contribution in [0.15, 0.2) is 35.3 Å². The van der Waals surface area contributed by atoms with Gasteiger partial charge in [0.05, 0.1) is 0 Å². The first kappa shape index (κ1) is 12.4. The molecule has 3 heteroatoms. The number of nitrogens with two attached hydrogens (primary N) is 1. The van der Waals surface area contributed by atoms with E-state index in [1.807, 2.05) is 13.0 Å². The fourth-order valence-corrected chi connectivity index (χ4v) is 1.82. The predicted octanol–water partition coefficient (Wildman–Crippen LogP) is 3.28. The van der Waals surface area contributed by atoms with Crippen molar-refractivity contribution >= 4 is 15.9 Å². The lowest BCUT2D eigenvalue weighted by molar-refractivity contribution is 0.438. The lowest BCUT2D eigenvalue weighted by Crippen LogP contribution is -2.27. The maximum Gasteiger partial charge on any atom is 0.124 e. The Morgan fingerprint density at radius 1 is 1.60 bits per heavy atom. The van der Waals surface area contributed by atoms with Gasteiger partial charge in [-0.15, -0.1) is 6.58 Å². The fraction of sp³-hybridized carbons (Fsp3) is 0.333. The number of halogens is 2. The minimum absolute atomic E-state index is 0.139. The molecule has 0 spiro atoms. The molecule has 0 aliphatic carbocycles. The largest absolute Gasteiger partial charge is 0.330 e. The van der Waals surface area contributed by atoms with Crippen molar-refractivity contribution in [1.29, 1.82) is 0 Å². The highest BCUT2D eigenvalue weighted by atomic mass is 79.9. The first-order chi connectivity index (χ1) is 7.00. The van der Waals surface area contributed by atoms with Crippen LogP contribution in [0.1, 0.15) is 12.5 Å². The summed E-state index contributed by atoms with van der Waals surface area (Å²) in [4.78, 5) is 0. The second-order valence-corrected chi connectivity index (χ2v) is 4.83. The van der Waals surface area contributed by atoms with E-state index in [4.69, 9.17) is 5.73 Å². The average molecular weight is 272 g/mol. The van der Waals surface area contributed by atoms with Crippen LogP contribution in [-0.2, 0) is 6.42 Å². The smallest absolute Gasteiger partial charge is 0.124 e. The molecule has 0 saturated carbocycles. The molecule has 0 aromatic heterocycles. The van der Waals surface area contributed by atoms with Crippen LogP contribution in [0.4, 0.5) is 4.39 Å². The Labute approximate surface area is 98.3 Å². The summed E-state index contributed by atoms with van der Waals surface area (Å²) in [5.74, 6) is -0.237. The molecule has 1 aromatic rings. The average Bonchev–Trinajstić information content (AvgIpc) is 2.22. The highest BCUT2D eigenvalue weighted by Crippen LogP contribution is 2.27. The lowest BCUT2D eigenvalue weighted by atomic mass is 9.84. The van der Waals surface area contributed by atoms with Gasteiger partial charge in [0.15, 0.2) is 0 Å². The molecule has 1 rings (SSSR count). The second kappa shape index (κ2) is 4.90. The molecule has 82 valence electrons. The van der Waals surface area contributed by atoms with Crippen LogP contribution in [-0.4, -0.2) is 6.54 Å². The van der Waals surface area contributed by atoms with Crippen molar-refractivity contribution in [3.8, 4) is 0 Å². The molecule has 1 unspecified atom stereocenters. The van der Waals surface area contributed by atoms with E-state index >= 15 is 0 Å². The van der Waals surface area contributed by atoms with E-state index in [9.17, 15) is 4.39 Å². The molecule has 0 radical (unpaired) electrons. The van der Waals surface area contributed by atoms with E-state index in [1.54, 1.807) is 6.07 Å². The first-order valence-electron chi connectivity index (χ1n) is 4.78.